The van der Waals surface area contributed by atoms with Gasteiger partial charge in [-0.2, -0.15) is 0 Å². The van der Waals surface area contributed by atoms with Gasteiger partial charge in [0, 0.05) is 49.3 Å². The van der Waals surface area contributed by atoms with Crippen LogP contribution < -0.4 is 21.1 Å². The van der Waals surface area contributed by atoms with Gasteiger partial charge < -0.3 is 20.1 Å². The molecular formula is C22H27N9O2. The van der Waals surface area contributed by atoms with Gasteiger partial charge in [0.1, 0.15) is 5.75 Å². The number of nitrogens with zero attached hydrogens (tertiary/aromatic N) is 6. The van der Waals surface area contributed by atoms with E-state index in [0.29, 0.717) is 23.2 Å². The van der Waals surface area contributed by atoms with Crippen molar-refractivity contribution >= 4 is 17.7 Å². The van der Waals surface area contributed by atoms with Crippen LogP contribution in [0.15, 0.2) is 29.3 Å². The van der Waals surface area contributed by atoms with Gasteiger partial charge in [-0.25, -0.2) is 14.7 Å². The summed E-state index contributed by atoms with van der Waals surface area (Å²) in [6.45, 7) is 3.45. The maximum atomic E-state index is 6.80. The summed E-state index contributed by atoms with van der Waals surface area (Å²) >= 11 is 0. The zero-order chi connectivity index (χ0) is 23.0. The molecule has 5 rings (SSSR count). The van der Waals surface area contributed by atoms with Crippen molar-refractivity contribution in [2.45, 2.75) is 31.6 Å². The van der Waals surface area contributed by atoms with Crippen molar-refractivity contribution in [3.63, 3.8) is 0 Å². The highest BCUT2D eigenvalue weighted by molar-refractivity contribution is 5.94. The van der Waals surface area contributed by atoms with Crippen molar-refractivity contribution < 1.29 is 9.47 Å². The second-order valence-corrected chi connectivity index (χ2v) is 8.30. The molecule has 2 aromatic heterocycles. The molecule has 1 aromatic carbocycles. The fourth-order valence-corrected chi connectivity index (χ4v) is 4.22. The van der Waals surface area contributed by atoms with E-state index in [9.17, 15) is 0 Å². The van der Waals surface area contributed by atoms with Crippen LogP contribution in [0.1, 0.15) is 29.7 Å². The summed E-state index contributed by atoms with van der Waals surface area (Å²) in [6.07, 6.45) is 3.65. The van der Waals surface area contributed by atoms with Crippen LogP contribution in [0.4, 0.5) is 11.5 Å². The molecule has 1 fully saturated rings. The lowest BCUT2D eigenvalue weighted by Gasteiger charge is -2.34. The first-order valence-corrected chi connectivity index (χ1v) is 10.9. The Kier molecular flexibility index (Phi) is 5.43. The van der Waals surface area contributed by atoms with Crippen LogP contribution in [0.25, 0.3) is 11.4 Å². The minimum atomic E-state index is -1.24. The Morgan fingerprint density at radius 2 is 2.09 bits per heavy atom. The summed E-state index contributed by atoms with van der Waals surface area (Å²) < 4.78 is 12.8. The Morgan fingerprint density at radius 1 is 1.27 bits per heavy atom. The summed E-state index contributed by atoms with van der Waals surface area (Å²) in [5.74, 6) is 0.723. The van der Waals surface area contributed by atoms with Crippen LogP contribution in [-0.2, 0) is 17.6 Å². The number of hydrogen-bond donors (Lipinski definition) is 3. The molecule has 4 N–H and O–H groups in total. The zero-order valence-corrected chi connectivity index (χ0v) is 18.9. The van der Waals surface area contributed by atoms with Crippen LogP contribution in [0.5, 0.6) is 5.75 Å². The molecule has 11 nitrogen and oxygen atoms in total. The minimum Gasteiger partial charge on any atom is -0.496 e. The Morgan fingerprint density at radius 3 is 2.82 bits per heavy atom. The van der Waals surface area contributed by atoms with Gasteiger partial charge in [0.15, 0.2) is 11.6 Å². The highest BCUT2D eigenvalue weighted by Crippen LogP contribution is 2.38. The molecule has 1 unspecified atom stereocenters. The lowest BCUT2D eigenvalue weighted by molar-refractivity contribution is 0.0904. The number of benzene rings is 1. The predicted molar refractivity (Wildman–Crippen MR) is 124 cm³/mol. The molecule has 0 saturated carbocycles. The molecule has 4 heterocycles. The number of nitrogens with one attached hydrogen (secondary N) is 2. The average Bonchev–Trinajstić information content (AvgIpc) is 3.25. The van der Waals surface area contributed by atoms with E-state index in [1.165, 1.54) is 0 Å². The maximum absolute atomic E-state index is 6.80. The predicted octanol–water partition coefficient (Wildman–Crippen LogP) is 1.79. The quantitative estimate of drug-likeness (QED) is 0.532. The van der Waals surface area contributed by atoms with Gasteiger partial charge in [-0.15, -0.1) is 5.10 Å². The van der Waals surface area contributed by atoms with Crippen molar-refractivity contribution in [1.29, 1.82) is 0 Å². The second-order valence-electron chi connectivity index (χ2n) is 8.30. The van der Waals surface area contributed by atoms with E-state index in [1.807, 2.05) is 31.2 Å². The number of tetrazole rings is 1. The summed E-state index contributed by atoms with van der Waals surface area (Å²) in [4.78, 5) is 9.41. The number of nitrogens with two attached hydrogens (primary N) is 1. The number of aromatic nitrogens is 5. The maximum Gasteiger partial charge on any atom is 0.212 e. The number of methoxy groups -OCH3 is 1. The molecule has 1 atom stereocenters. The standard InChI is InChI=1S/C22H27N9O2/c1-13-10-15-12-24-22(23,27-19(15)20(25-13)26-16-6-8-33-9-7-16)17-5-4-14(11-18(17)32-3)21-28-29-30-31(21)2/h4-5,10-12,16,27H,6-9,23H2,1-3H3,(H,25,26). The number of pyridine rings is 1. The molecule has 3 aromatic rings. The smallest absolute Gasteiger partial charge is 0.212 e. The largest absolute Gasteiger partial charge is 0.496 e. The SMILES string of the molecule is COc1cc(-c2nnnn2C)ccc1C1(N)N=Cc2cc(C)nc(NC3CCOCC3)c2N1. The van der Waals surface area contributed by atoms with Gasteiger partial charge >= 0.3 is 0 Å². The van der Waals surface area contributed by atoms with E-state index in [0.717, 1.165) is 54.4 Å². The number of anilines is 2. The van der Waals surface area contributed by atoms with Gasteiger partial charge in [-0.1, -0.05) is 6.07 Å². The number of ether oxygens (including phenoxy) is 2. The molecule has 0 bridgehead atoms. The van der Waals surface area contributed by atoms with Gasteiger partial charge in [0.2, 0.25) is 5.79 Å². The molecule has 33 heavy (non-hydrogen) atoms. The fraction of sp³-hybridized carbons (Fsp3) is 0.409. The molecular weight excluding hydrogens is 422 g/mol. The number of fused-ring (bicyclic) bond motifs is 1. The average molecular weight is 450 g/mol. The molecule has 2 aliphatic heterocycles. The normalized spacial score (nSPS) is 20.2. The molecule has 1 saturated heterocycles. The van der Waals surface area contributed by atoms with E-state index in [4.69, 9.17) is 20.2 Å². The molecule has 11 heteroatoms. The van der Waals surface area contributed by atoms with Gasteiger partial charge in [-0.3, -0.25) is 5.73 Å². The lowest BCUT2D eigenvalue weighted by Crippen LogP contribution is -2.45. The molecule has 0 amide bonds. The molecule has 2 aliphatic rings. The van der Waals surface area contributed by atoms with E-state index >= 15 is 0 Å². The molecule has 0 aliphatic carbocycles. The summed E-state index contributed by atoms with van der Waals surface area (Å²) in [5.41, 5.74) is 10.9. The monoisotopic (exact) mass is 449 g/mol. The van der Waals surface area contributed by atoms with E-state index < -0.39 is 5.79 Å². The van der Waals surface area contributed by atoms with Crippen LogP contribution in [0.2, 0.25) is 0 Å². The van der Waals surface area contributed by atoms with Crippen LogP contribution in [-0.4, -0.2) is 57.8 Å². The number of aryl methyl sites for hydroxylation is 2. The highest BCUT2D eigenvalue weighted by atomic mass is 16.5. The molecule has 0 spiro atoms. The fourth-order valence-electron chi connectivity index (χ4n) is 4.22. The Labute approximate surface area is 191 Å². The topological polar surface area (TPSA) is 137 Å². The van der Waals surface area contributed by atoms with Crippen molar-refractivity contribution in [3.05, 3.63) is 41.1 Å². The third-order valence-electron chi connectivity index (χ3n) is 5.95. The summed E-state index contributed by atoms with van der Waals surface area (Å²) in [5, 5.41) is 18.7. The van der Waals surface area contributed by atoms with Gasteiger partial charge in [0.05, 0.1) is 18.4 Å². The Bertz CT molecular complexity index is 1200. The van der Waals surface area contributed by atoms with Gasteiger partial charge in [0.25, 0.3) is 0 Å². The third-order valence-corrected chi connectivity index (χ3v) is 5.95. The molecule has 0 radical (unpaired) electrons. The van der Waals surface area contributed by atoms with Crippen molar-refractivity contribution in [2.75, 3.05) is 31.0 Å². The van der Waals surface area contributed by atoms with Crippen LogP contribution >= 0.6 is 0 Å². The van der Waals surface area contributed by atoms with Crippen LogP contribution in [0.3, 0.4) is 0 Å². The highest BCUT2D eigenvalue weighted by Gasteiger charge is 2.35. The number of aliphatic imine (C=N–C) groups is 1. The first-order valence-electron chi connectivity index (χ1n) is 10.9. The summed E-state index contributed by atoms with van der Waals surface area (Å²) in [6, 6.07) is 7.92. The van der Waals surface area contributed by atoms with Crippen molar-refractivity contribution in [3.8, 4) is 17.1 Å². The third kappa shape index (κ3) is 4.00. The summed E-state index contributed by atoms with van der Waals surface area (Å²) in [7, 11) is 3.39. The van der Waals surface area contributed by atoms with Crippen molar-refractivity contribution in [2.24, 2.45) is 17.8 Å². The van der Waals surface area contributed by atoms with E-state index in [2.05, 4.69) is 31.2 Å². The minimum absolute atomic E-state index is 0.291. The number of rotatable bonds is 5. The molecule has 172 valence electrons. The van der Waals surface area contributed by atoms with Crippen LogP contribution in [0, 0.1) is 6.92 Å². The first-order chi connectivity index (χ1) is 16.0. The van der Waals surface area contributed by atoms with Gasteiger partial charge in [-0.05, 0) is 48.4 Å². The second kappa shape index (κ2) is 8.41. The Balaban J connectivity index is 1.50. The Hall–Kier alpha value is -3.57. The van der Waals surface area contributed by atoms with Crippen molar-refractivity contribution in [1.82, 2.24) is 25.2 Å². The van der Waals surface area contributed by atoms with E-state index in [-0.39, 0.29) is 0 Å². The zero-order valence-electron chi connectivity index (χ0n) is 18.9. The lowest BCUT2D eigenvalue weighted by atomic mass is 10.0. The first kappa shape index (κ1) is 21.3. The van der Waals surface area contributed by atoms with E-state index in [1.54, 1.807) is 25.1 Å². The number of hydrogen-bond acceptors (Lipinski definition) is 10.